The molecule has 0 fully saturated rings. The lowest BCUT2D eigenvalue weighted by Crippen LogP contribution is -2.57. The molecule has 3 N–H and O–H groups in total. The van der Waals surface area contributed by atoms with Gasteiger partial charge in [-0.2, -0.15) is 0 Å². The van der Waals surface area contributed by atoms with Crippen LogP contribution >= 0.6 is 0 Å². The molecule has 0 aromatic carbocycles. The number of hydrogen-bond donors (Lipinski definition) is 2. The van der Waals surface area contributed by atoms with E-state index in [-0.39, 0.29) is 5.92 Å². The molecule has 0 saturated carbocycles. The summed E-state index contributed by atoms with van der Waals surface area (Å²) in [6.45, 7) is 6.24. The van der Waals surface area contributed by atoms with E-state index in [2.05, 4.69) is 13.8 Å². The van der Waals surface area contributed by atoms with E-state index in [0.717, 1.165) is 24.8 Å². The predicted octanol–water partition coefficient (Wildman–Crippen LogP) is 3.51. The fraction of sp³-hybridized carbons (Fsp3) is 0.688. The van der Waals surface area contributed by atoms with Crippen LogP contribution in [0.4, 0.5) is 0 Å². The molecule has 0 amide bonds. The van der Waals surface area contributed by atoms with Crippen LogP contribution in [0.3, 0.4) is 0 Å². The van der Waals surface area contributed by atoms with Crippen LogP contribution < -0.4 is 5.73 Å². The minimum atomic E-state index is -0.819. The van der Waals surface area contributed by atoms with Crippen LogP contribution in [0.25, 0.3) is 0 Å². The lowest BCUT2D eigenvalue weighted by Gasteiger charge is -2.43. The van der Waals surface area contributed by atoms with Gasteiger partial charge >= 0.3 is 5.97 Å². The number of carboxylic acids is 1. The molecule has 0 bridgehead atoms. The molecular formula is C16H27NO2. The highest BCUT2D eigenvalue weighted by Gasteiger charge is 2.45. The minimum Gasteiger partial charge on any atom is -0.481 e. The molecule has 3 unspecified atom stereocenters. The molecular weight excluding hydrogens is 238 g/mol. The molecule has 0 aromatic rings. The normalized spacial score (nSPS) is 28.0. The van der Waals surface area contributed by atoms with Crippen LogP contribution in [0.15, 0.2) is 23.8 Å². The zero-order valence-electron chi connectivity index (χ0n) is 12.4. The van der Waals surface area contributed by atoms with Crippen molar-refractivity contribution in [2.45, 2.75) is 58.4 Å². The maximum atomic E-state index is 11.5. The van der Waals surface area contributed by atoms with E-state index in [1.54, 1.807) is 6.08 Å². The van der Waals surface area contributed by atoms with E-state index in [1.807, 2.05) is 19.1 Å². The lowest BCUT2D eigenvalue weighted by atomic mass is 9.65. The number of carboxylic acid groups (broad SMARTS) is 1. The summed E-state index contributed by atoms with van der Waals surface area (Å²) in [4.78, 5) is 11.5. The third-order valence-electron chi connectivity index (χ3n) is 4.44. The van der Waals surface area contributed by atoms with Crippen molar-refractivity contribution >= 4 is 5.97 Å². The molecule has 1 aliphatic rings. The van der Waals surface area contributed by atoms with E-state index in [4.69, 9.17) is 5.73 Å². The summed E-state index contributed by atoms with van der Waals surface area (Å²) in [6.07, 6.45) is 10.9. The van der Waals surface area contributed by atoms with Gasteiger partial charge in [0.1, 0.15) is 0 Å². The molecule has 19 heavy (non-hydrogen) atoms. The first kappa shape index (κ1) is 16.0. The van der Waals surface area contributed by atoms with Crippen LogP contribution in [0, 0.1) is 11.8 Å². The van der Waals surface area contributed by atoms with Gasteiger partial charge in [-0.1, -0.05) is 63.3 Å². The molecule has 1 rings (SSSR count). The fourth-order valence-corrected chi connectivity index (χ4v) is 3.14. The van der Waals surface area contributed by atoms with Crippen LogP contribution in [-0.4, -0.2) is 16.6 Å². The largest absolute Gasteiger partial charge is 0.481 e. The second-order valence-electron chi connectivity index (χ2n) is 5.58. The highest BCUT2D eigenvalue weighted by molar-refractivity contribution is 5.76. The molecule has 0 aliphatic heterocycles. The Morgan fingerprint density at radius 1 is 1.47 bits per heavy atom. The molecule has 3 heteroatoms. The van der Waals surface area contributed by atoms with E-state index >= 15 is 0 Å². The van der Waals surface area contributed by atoms with E-state index < -0.39 is 17.4 Å². The molecule has 3 nitrogen and oxygen atoms in total. The van der Waals surface area contributed by atoms with Crippen molar-refractivity contribution < 1.29 is 9.90 Å². The molecule has 0 spiro atoms. The van der Waals surface area contributed by atoms with Gasteiger partial charge in [0.25, 0.3) is 0 Å². The second-order valence-corrected chi connectivity index (χ2v) is 5.58. The first-order valence-electron chi connectivity index (χ1n) is 7.35. The van der Waals surface area contributed by atoms with Gasteiger partial charge in [-0.25, -0.2) is 0 Å². The zero-order valence-corrected chi connectivity index (χ0v) is 12.4. The maximum Gasteiger partial charge on any atom is 0.312 e. The van der Waals surface area contributed by atoms with Crippen LogP contribution in [-0.2, 0) is 4.79 Å². The molecule has 108 valence electrons. The molecule has 0 heterocycles. The van der Waals surface area contributed by atoms with E-state index in [1.165, 1.54) is 12.8 Å². The summed E-state index contributed by atoms with van der Waals surface area (Å²) < 4.78 is 0. The Bertz CT molecular complexity index is 373. The molecule has 1 aliphatic carbocycles. The monoisotopic (exact) mass is 265 g/mol. The number of rotatable bonds is 7. The van der Waals surface area contributed by atoms with Gasteiger partial charge in [0.05, 0.1) is 11.5 Å². The average Bonchev–Trinajstić information content (AvgIpc) is 2.37. The van der Waals surface area contributed by atoms with Gasteiger partial charge < -0.3 is 10.8 Å². The Morgan fingerprint density at radius 3 is 2.68 bits per heavy atom. The van der Waals surface area contributed by atoms with Crippen molar-refractivity contribution in [3.63, 3.8) is 0 Å². The number of aliphatic carboxylic acids is 1. The quantitative estimate of drug-likeness (QED) is 0.692. The van der Waals surface area contributed by atoms with Crippen molar-refractivity contribution in [2.75, 3.05) is 0 Å². The Balaban J connectivity index is 2.97. The molecule has 0 aromatic heterocycles. The Morgan fingerprint density at radius 2 is 2.16 bits per heavy atom. The lowest BCUT2D eigenvalue weighted by molar-refractivity contribution is -0.142. The zero-order chi connectivity index (χ0) is 14.5. The first-order valence-corrected chi connectivity index (χ1v) is 7.35. The fourth-order valence-electron chi connectivity index (χ4n) is 3.14. The summed E-state index contributed by atoms with van der Waals surface area (Å²) in [6, 6.07) is 0. The molecule has 0 radical (unpaired) electrons. The van der Waals surface area contributed by atoms with Crippen LogP contribution in [0.5, 0.6) is 0 Å². The number of allylic oxidation sites excluding steroid dienone is 2. The predicted molar refractivity (Wildman–Crippen MR) is 78.9 cm³/mol. The van der Waals surface area contributed by atoms with Crippen LogP contribution in [0.2, 0.25) is 0 Å². The van der Waals surface area contributed by atoms with Crippen molar-refractivity contribution in [1.29, 1.82) is 0 Å². The van der Waals surface area contributed by atoms with Gasteiger partial charge in [0.2, 0.25) is 0 Å². The highest BCUT2D eigenvalue weighted by atomic mass is 16.4. The van der Waals surface area contributed by atoms with Crippen molar-refractivity contribution in [3.8, 4) is 0 Å². The second kappa shape index (κ2) is 6.90. The first-order chi connectivity index (χ1) is 8.98. The number of carbonyl (C=O) groups is 1. The van der Waals surface area contributed by atoms with Gasteiger partial charge in [-0.3, -0.25) is 4.79 Å². The summed E-state index contributed by atoms with van der Waals surface area (Å²) in [7, 11) is 0. The van der Waals surface area contributed by atoms with E-state index in [0.29, 0.717) is 0 Å². The van der Waals surface area contributed by atoms with Gasteiger partial charge in [0.15, 0.2) is 0 Å². The SMILES string of the molecule is CCCCCC(CC)C1(N)C(C)=CC=CC1C(=O)O. The molecule has 0 saturated heterocycles. The van der Waals surface area contributed by atoms with Crippen molar-refractivity contribution in [1.82, 2.24) is 0 Å². The number of unbranched alkanes of at least 4 members (excludes halogenated alkanes) is 2. The number of nitrogens with two attached hydrogens (primary N) is 1. The Labute approximate surface area is 116 Å². The summed E-state index contributed by atoms with van der Waals surface area (Å²) >= 11 is 0. The highest BCUT2D eigenvalue weighted by Crippen LogP contribution is 2.39. The topological polar surface area (TPSA) is 63.3 Å². The molecule has 3 atom stereocenters. The average molecular weight is 265 g/mol. The van der Waals surface area contributed by atoms with Crippen molar-refractivity contribution in [2.24, 2.45) is 17.6 Å². The van der Waals surface area contributed by atoms with Gasteiger partial charge in [-0.05, 0) is 19.3 Å². The minimum absolute atomic E-state index is 0.223. The smallest absolute Gasteiger partial charge is 0.312 e. The van der Waals surface area contributed by atoms with E-state index in [9.17, 15) is 9.90 Å². The van der Waals surface area contributed by atoms with Gasteiger partial charge in [0, 0.05) is 0 Å². The van der Waals surface area contributed by atoms with Crippen LogP contribution in [0.1, 0.15) is 52.9 Å². The van der Waals surface area contributed by atoms with Crippen molar-refractivity contribution in [3.05, 3.63) is 23.8 Å². The summed E-state index contributed by atoms with van der Waals surface area (Å²) in [5.41, 5.74) is 6.84. The maximum absolute atomic E-state index is 11.5. The Hall–Kier alpha value is -1.09. The third-order valence-corrected chi connectivity index (χ3v) is 4.44. The van der Waals surface area contributed by atoms with Gasteiger partial charge in [-0.15, -0.1) is 0 Å². The summed E-state index contributed by atoms with van der Waals surface area (Å²) in [5.74, 6) is -1.20. The summed E-state index contributed by atoms with van der Waals surface area (Å²) in [5, 5.41) is 9.45. The standard InChI is InChI=1S/C16H27NO2/c1-4-6-7-10-13(5-2)16(17)12(3)9-8-11-14(16)15(18)19/h8-9,11,13-14H,4-7,10,17H2,1-3H3,(H,18,19). The third kappa shape index (κ3) is 3.27. The number of hydrogen-bond acceptors (Lipinski definition) is 2. The Kier molecular flexibility index (Phi) is 5.80.